The van der Waals surface area contributed by atoms with Gasteiger partial charge in [-0.05, 0) is 35.4 Å². The molecule has 0 spiro atoms. The molecule has 3 N–H and O–H groups in total. The van der Waals surface area contributed by atoms with Gasteiger partial charge in [0.15, 0.2) is 0 Å². The van der Waals surface area contributed by atoms with E-state index in [1.165, 1.54) is 16.7 Å². The zero-order valence-corrected chi connectivity index (χ0v) is 18.5. The van der Waals surface area contributed by atoms with Gasteiger partial charge in [0.25, 0.3) is 0 Å². The van der Waals surface area contributed by atoms with Crippen LogP contribution in [0.25, 0.3) is 0 Å². The van der Waals surface area contributed by atoms with Crippen LogP contribution in [-0.4, -0.2) is 28.8 Å². The molecule has 2 aromatic rings. The maximum absolute atomic E-state index is 12.8. The predicted molar refractivity (Wildman–Crippen MR) is 124 cm³/mol. The molecule has 1 aliphatic rings. The van der Waals surface area contributed by atoms with Gasteiger partial charge >= 0.3 is 0 Å². The van der Waals surface area contributed by atoms with Crippen molar-refractivity contribution in [2.75, 3.05) is 0 Å². The van der Waals surface area contributed by atoms with Crippen LogP contribution >= 0.6 is 0 Å². The smallest absolute Gasteiger partial charge is 0.246 e. The Morgan fingerprint density at radius 2 is 1.68 bits per heavy atom. The third-order valence-electron chi connectivity index (χ3n) is 6.12. The summed E-state index contributed by atoms with van der Waals surface area (Å²) in [6.07, 6.45) is 6.00. The van der Waals surface area contributed by atoms with Crippen LogP contribution in [0.5, 0.6) is 0 Å². The molecule has 31 heavy (non-hydrogen) atoms. The number of carbonyl (C=O) groups excluding carboxylic acids is 2. The average molecular weight is 420 g/mol. The largest absolute Gasteiger partial charge is 0.368 e. The van der Waals surface area contributed by atoms with Crippen molar-refractivity contribution in [2.24, 2.45) is 11.7 Å². The Labute approximate surface area is 185 Å². The second-order valence-corrected chi connectivity index (χ2v) is 8.39. The lowest BCUT2D eigenvalue weighted by molar-refractivity contribution is -0.126. The maximum atomic E-state index is 12.8. The Balaban J connectivity index is 1.68. The first-order valence-corrected chi connectivity index (χ1v) is 11.1. The Morgan fingerprint density at radius 3 is 2.26 bits per heavy atom. The van der Waals surface area contributed by atoms with E-state index in [-0.39, 0.29) is 23.8 Å². The summed E-state index contributed by atoms with van der Waals surface area (Å²) in [7, 11) is 0. The van der Waals surface area contributed by atoms with Crippen molar-refractivity contribution < 1.29 is 9.59 Å². The normalized spacial score (nSPS) is 16.1. The monoisotopic (exact) mass is 419 g/mol. The van der Waals surface area contributed by atoms with Crippen LogP contribution in [0.15, 0.2) is 66.7 Å². The van der Waals surface area contributed by atoms with Gasteiger partial charge in [0.05, 0.1) is 6.04 Å². The minimum Gasteiger partial charge on any atom is -0.368 e. The van der Waals surface area contributed by atoms with Crippen molar-refractivity contribution in [1.82, 2.24) is 10.2 Å². The second kappa shape index (κ2) is 10.9. The first-order chi connectivity index (χ1) is 15.0. The highest BCUT2D eigenvalue weighted by Crippen LogP contribution is 2.22. The number of benzene rings is 2. The number of carbonyl (C=O) groups is 2. The van der Waals surface area contributed by atoms with Crippen LogP contribution < -0.4 is 11.1 Å². The summed E-state index contributed by atoms with van der Waals surface area (Å²) < 4.78 is 0. The zero-order chi connectivity index (χ0) is 22.2. The fourth-order valence-electron chi connectivity index (χ4n) is 3.99. The quantitative estimate of drug-likeness (QED) is 0.578. The highest BCUT2D eigenvalue weighted by atomic mass is 16.2. The molecule has 2 amide bonds. The molecule has 1 heterocycles. The number of fused-ring (bicyclic) bond motifs is 1. The lowest BCUT2D eigenvalue weighted by Gasteiger charge is -2.26. The van der Waals surface area contributed by atoms with Gasteiger partial charge in [0, 0.05) is 25.2 Å². The SMILES string of the molecule is CC[C@@H](C)[C@H](N[C@H](/C=C/C(=O)N1Cc2ccccc2C1)CCc1ccccc1)C(N)=O. The van der Waals surface area contributed by atoms with Gasteiger partial charge in [-0.25, -0.2) is 0 Å². The van der Waals surface area contributed by atoms with Gasteiger partial charge < -0.3 is 10.6 Å². The van der Waals surface area contributed by atoms with Crippen molar-refractivity contribution in [3.63, 3.8) is 0 Å². The van der Waals surface area contributed by atoms with E-state index in [1.807, 2.05) is 55.2 Å². The van der Waals surface area contributed by atoms with E-state index in [9.17, 15) is 9.59 Å². The van der Waals surface area contributed by atoms with Crippen LogP contribution in [0.3, 0.4) is 0 Å². The average Bonchev–Trinajstić information content (AvgIpc) is 3.23. The van der Waals surface area contributed by atoms with E-state index in [4.69, 9.17) is 5.73 Å². The summed E-state index contributed by atoms with van der Waals surface area (Å²) in [6, 6.07) is 17.8. The molecule has 2 aromatic carbocycles. The maximum Gasteiger partial charge on any atom is 0.246 e. The van der Waals surface area contributed by atoms with E-state index in [0.29, 0.717) is 13.1 Å². The number of nitrogens with two attached hydrogens (primary N) is 1. The lowest BCUT2D eigenvalue weighted by atomic mass is 9.96. The first-order valence-electron chi connectivity index (χ1n) is 11.1. The fourth-order valence-corrected chi connectivity index (χ4v) is 3.99. The molecule has 3 rings (SSSR count). The van der Waals surface area contributed by atoms with Crippen LogP contribution in [0, 0.1) is 5.92 Å². The summed E-state index contributed by atoms with van der Waals surface area (Å²) in [5.41, 5.74) is 9.30. The molecule has 0 aliphatic carbocycles. The molecule has 164 valence electrons. The van der Waals surface area contributed by atoms with Crippen LogP contribution in [-0.2, 0) is 29.1 Å². The Kier molecular flexibility index (Phi) is 8.01. The number of hydrogen-bond donors (Lipinski definition) is 2. The highest BCUT2D eigenvalue weighted by Gasteiger charge is 2.25. The number of rotatable bonds is 10. The van der Waals surface area contributed by atoms with Gasteiger partial charge in [-0.15, -0.1) is 0 Å². The van der Waals surface area contributed by atoms with Gasteiger partial charge in [-0.1, -0.05) is 80.9 Å². The number of primary amides is 1. The lowest BCUT2D eigenvalue weighted by Crippen LogP contribution is -2.49. The van der Waals surface area contributed by atoms with Crippen molar-refractivity contribution in [3.8, 4) is 0 Å². The minimum atomic E-state index is -0.429. The Morgan fingerprint density at radius 1 is 1.06 bits per heavy atom. The molecule has 1 aliphatic heterocycles. The number of amides is 2. The van der Waals surface area contributed by atoms with Gasteiger partial charge in [-0.2, -0.15) is 0 Å². The van der Waals surface area contributed by atoms with E-state index < -0.39 is 6.04 Å². The topological polar surface area (TPSA) is 75.4 Å². The molecule has 0 unspecified atom stereocenters. The zero-order valence-electron chi connectivity index (χ0n) is 18.5. The van der Waals surface area contributed by atoms with Crippen LogP contribution in [0.1, 0.15) is 43.4 Å². The molecule has 5 heteroatoms. The number of nitrogens with one attached hydrogen (secondary N) is 1. The third-order valence-corrected chi connectivity index (χ3v) is 6.12. The molecule has 0 radical (unpaired) electrons. The molecular weight excluding hydrogens is 386 g/mol. The molecule has 3 atom stereocenters. The highest BCUT2D eigenvalue weighted by molar-refractivity contribution is 5.88. The standard InChI is InChI=1S/C26H33N3O2/c1-3-19(2)25(26(27)31)28-23(14-13-20-9-5-4-6-10-20)15-16-24(30)29-17-21-11-7-8-12-22(21)18-29/h4-12,15-16,19,23,25,28H,3,13-14,17-18H2,1-2H3,(H2,27,31)/b16-15+/t19-,23+,25+/m1/s1. The van der Waals surface area contributed by atoms with Crippen LogP contribution in [0.2, 0.25) is 0 Å². The molecule has 0 fully saturated rings. The van der Waals surface area contributed by atoms with E-state index in [1.54, 1.807) is 6.08 Å². The van der Waals surface area contributed by atoms with Crippen molar-refractivity contribution in [1.29, 1.82) is 0 Å². The molecular formula is C26H33N3O2. The van der Waals surface area contributed by atoms with Crippen molar-refractivity contribution in [3.05, 3.63) is 83.4 Å². The first kappa shape index (κ1) is 22.8. The molecule has 5 nitrogen and oxygen atoms in total. The fraction of sp³-hybridized carbons (Fsp3) is 0.385. The summed E-state index contributed by atoms with van der Waals surface area (Å²) in [5, 5.41) is 3.41. The minimum absolute atomic E-state index is 0.0122. The van der Waals surface area contributed by atoms with Gasteiger partial charge in [0.1, 0.15) is 0 Å². The van der Waals surface area contributed by atoms with Gasteiger partial charge in [0.2, 0.25) is 11.8 Å². The summed E-state index contributed by atoms with van der Waals surface area (Å²) in [6.45, 7) is 5.34. The predicted octanol–water partition coefficient (Wildman–Crippen LogP) is 3.58. The Bertz CT molecular complexity index is 885. The summed E-state index contributed by atoms with van der Waals surface area (Å²) in [4.78, 5) is 26.7. The molecule has 0 bridgehead atoms. The van der Waals surface area contributed by atoms with E-state index in [0.717, 1.165) is 19.3 Å². The summed E-state index contributed by atoms with van der Waals surface area (Å²) >= 11 is 0. The van der Waals surface area contributed by atoms with Crippen molar-refractivity contribution >= 4 is 11.8 Å². The third kappa shape index (κ3) is 6.28. The Hall–Kier alpha value is -2.92. The number of hydrogen-bond acceptors (Lipinski definition) is 3. The summed E-state index contributed by atoms with van der Waals surface area (Å²) in [5.74, 6) is -0.246. The van der Waals surface area contributed by atoms with E-state index in [2.05, 4.69) is 29.6 Å². The second-order valence-electron chi connectivity index (χ2n) is 8.39. The molecule has 0 saturated heterocycles. The van der Waals surface area contributed by atoms with Crippen molar-refractivity contribution in [2.45, 2.75) is 58.3 Å². The van der Waals surface area contributed by atoms with Crippen LogP contribution in [0.4, 0.5) is 0 Å². The molecule has 0 saturated carbocycles. The van der Waals surface area contributed by atoms with Gasteiger partial charge in [-0.3, -0.25) is 14.9 Å². The number of nitrogens with zero attached hydrogens (tertiary/aromatic N) is 1. The van der Waals surface area contributed by atoms with E-state index >= 15 is 0 Å². The molecule has 0 aromatic heterocycles. The number of aryl methyl sites for hydroxylation is 1.